The molecule has 0 aromatic carbocycles. The molecule has 0 bridgehead atoms. The molecule has 1 rings (SSSR count). The van der Waals surface area contributed by atoms with Crippen molar-refractivity contribution >= 4 is 21.7 Å². The van der Waals surface area contributed by atoms with E-state index in [1.165, 1.54) is 25.7 Å². The van der Waals surface area contributed by atoms with Crippen molar-refractivity contribution in [3.63, 3.8) is 0 Å². The van der Waals surface area contributed by atoms with Gasteiger partial charge in [-0.15, -0.1) is 0 Å². The lowest BCUT2D eigenvalue weighted by Gasteiger charge is -2.23. The van der Waals surface area contributed by atoms with E-state index >= 15 is 0 Å². The van der Waals surface area contributed by atoms with Crippen LogP contribution in [0.3, 0.4) is 0 Å². The van der Waals surface area contributed by atoms with E-state index in [2.05, 4.69) is 51.8 Å². The summed E-state index contributed by atoms with van der Waals surface area (Å²) in [7, 11) is 0. The molecular formula is C13H21BrN2. The Morgan fingerprint density at radius 1 is 1.12 bits per heavy atom. The Labute approximate surface area is 107 Å². The minimum Gasteiger partial charge on any atom is -0.357 e. The van der Waals surface area contributed by atoms with Crippen molar-refractivity contribution in [1.82, 2.24) is 4.98 Å². The maximum absolute atomic E-state index is 4.46. The van der Waals surface area contributed by atoms with Crippen LogP contribution in [-0.4, -0.2) is 18.1 Å². The van der Waals surface area contributed by atoms with E-state index < -0.39 is 0 Å². The number of pyridine rings is 1. The second-order valence-corrected chi connectivity index (χ2v) is 4.94. The van der Waals surface area contributed by atoms with E-state index in [0.29, 0.717) is 0 Å². The fourth-order valence-corrected chi connectivity index (χ4v) is 1.83. The number of nitrogens with zero attached hydrogens (tertiary/aromatic N) is 2. The van der Waals surface area contributed by atoms with Crippen molar-refractivity contribution in [2.45, 2.75) is 39.5 Å². The number of aromatic nitrogens is 1. The average Bonchev–Trinajstić information content (AvgIpc) is 2.31. The Balaban J connectivity index is 2.62. The quantitative estimate of drug-likeness (QED) is 0.744. The van der Waals surface area contributed by atoms with Gasteiger partial charge in [-0.2, -0.15) is 0 Å². The predicted molar refractivity (Wildman–Crippen MR) is 74.0 cm³/mol. The predicted octanol–water partition coefficient (Wildman–Crippen LogP) is 4.25. The first kappa shape index (κ1) is 13.5. The van der Waals surface area contributed by atoms with Crippen LogP contribution in [0.25, 0.3) is 0 Å². The Kier molecular flexibility index (Phi) is 6.46. The molecule has 2 nitrogen and oxygen atoms in total. The average molecular weight is 285 g/mol. The highest BCUT2D eigenvalue weighted by molar-refractivity contribution is 9.10. The van der Waals surface area contributed by atoms with Gasteiger partial charge in [0.2, 0.25) is 0 Å². The first-order valence-corrected chi connectivity index (χ1v) is 6.93. The maximum Gasteiger partial charge on any atom is 0.128 e. The van der Waals surface area contributed by atoms with E-state index in [-0.39, 0.29) is 0 Å². The second kappa shape index (κ2) is 7.66. The molecule has 0 saturated carbocycles. The highest BCUT2D eigenvalue weighted by Gasteiger charge is 2.06. The molecule has 0 spiro atoms. The second-order valence-electron chi connectivity index (χ2n) is 4.03. The summed E-state index contributed by atoms with van der Waals surface area (Å²) in [5.41, 5.74) is 0. The van der Waals surface area contributed by atoms with Crippen molar-refractivity contribution in [2.75, 3.05) is 18.0 Å². The summed E-state index contributed by atoms with van der Waals surface area (Å²) < 4.78 is 1.04. The summed E-state index contributed by atoms with van der Waals surface area (Å²) in [6.45, 7) is 6.69. The minimum atomic E-state index is 1.04. The molecule has 1 heterocycles. The number of anilines is 1. The molecule has 0 N–H and O–H groups in total. The van der Waals surface area contributed by atoms with Crippen molar-refractivity contribution in [2.24, 2.45) is 0 Å². The molecule has 0 amide bonds. The van der Waals surface area contributed by atoms with Crippen LogP contribution < -0.4 is 4.90 Å². The first-order valence-electron chi connectivity index (χ1n) is 6.14. The lowest BCUT2D eigenvalue weighted by molar-refractivity contribution is 0.671. The highest BCUT2D eigenvalue weighted by atomic mass is 79.9. The molecule has 0 radical (unpaired) electrons. The van der Waals surface area contributed by atoms with Crippen molar-refractivity contribution < 1.29 is 0 Å². The molecule has 3 heteroatoms. The van der Waals surface area contributed by atoms with Crippen LogP contribution in [-0.2, 0) is 0 Å². The number of halogens is 1. The topological polar surface area (TPSA) is 16.1 Å². The van der Waals surface area contributed by atoms with Crippen LogP contribution in [0.1, 0.15) is 39.5 Å². The molecular weight excluding hydrogens is 264 g/mol. The monoisotopic (exact) mass is 284 g/mol. The van der Waals surface area contributed by atoms with Gasteiger partial charge in [-0.1, -0.05) is 26.7 Å². The largest absolute Gasteiger partial charge is 0.357 e. The molecule has 0 aliphatic rings. The molecule has 0 aliphatic heterocycles. The van der Waals surface area contributed by atoms with Crippen LogP contribution in [0.5, 0.6) is 0 Å². The van der Waals surface area contributed by atoms with Gasteiger partial charge < -0.3 is 4.90 Å². The number of hydrogen-bond donors (Lipinski definition) is 0. The Morgan fingerprint density at radius 3 is 2.19 bits per heavy atom. The summed E-state index contributed by atoms with van der Waals surface area (Å²) in [5, 5.41) is 0. The van der Waals surface area contributed by atoms with Crippen molar-refractivity contribution in [3.05, 3.63) is 22.8 Å². The number of hydrogen-bond acceptors (Lipinski definition) is 2. The zero-order valence-electron chi connectivity index (χ0n) is 10.2. The molecule has 16 heavy (non-hydrogen) atoms. The van der Waals surface area contributed by atoms with Crippen molar-refractivity contribution in [3.8, 4) is 0 Å². The lowest BCUT2D eigenvalue weighted by Crippen LogP contribution is -2.26. The van der Waals surface area contributed by atoms with Gasteiger partial charge in [-0.25, -0.2) is 4.98 Å². The van der Waals surface area contributed by atoms with E-state index in [9.17, 15) is 0 Å². The van der Waals surface area contributed by atoms with Gasteiger partial charge in [0, 0.05) is 23.8 Å². The van der Waals surface area contributed by atoms with E-state index in [4.69, 9.17) is 0 Å². The summed E-state index contributed by atoms with van der Waals surface area (Å²) in [6, 6.07) is 4.16. The van der Waals surface area contributed by atoms with Gasteiger partial charge in [0.25, 0.3) is 0 Å². The smallest absolute Gasteiger partial charge is 0.128 e. The fourth-order valence-electron chi connectivity index (χ4n) is 1.59. The van der Waals surface area contributed by atoms with Crippen LogP contribution in [0.2, 0.25) is 0 Å². The van der Waals surface area contributed by atoms with Gasteiger partial charge in [-0.3, -0.25) is 0 Å². The normalized spacial score (nSPS) is 10.4. The van der Waals surface area contributed by atoms with Crippen LogP contribution >= 0.6 is 15.9 Å². The fraction of sp³-hybridized carbons (Fsp3) is 0.615. The van der Waals surface area contributed by atoms with Gasteiger partial charge >= 0.3 is 0 Å². The molecule has 90 valence electrons. The molecule has 0 unspecified atom stereocenters. The van der Waals surface area contributed by atoms with Crippen LogP contribution in [0.4, 0.5) is 5.82 Å². The highest BCUT2D eigenvalue weighted by Crippen LogP contribution is 2.16. The number of rotatable bonds is 7. The SMILES string of the molecule is CCCCN(CCCC)c1ccc(Br)cn1. The maximum atomic E-state index is 4.46. The minimum absolute atomic E-state index is 1.04. The Bertz CT molecular complexity index is 276. The molecule has 0 atom stereocenters. The third-order valence-electron chi connectivity index (χ3n) is 2.60. The summed E-state index contributed by atoms with van der Waals surface area (Å²) in [5.74, 6) is 1.10. The third-order valence-corrected chi connectivity index (χ3v) is 3.07. The van der Waals surface area contributed by atoms with E-state index in [1.54, 1.807) is 0 Å². The standard InChI is InChI=1S/C13H21BrN2/c1-3-5-9-16(10-6-4-2)13-8-7-12(14)11-15-13/h7-8,11H,3-6,9-10H2,1-2H3. The molecule has 0 fully saturated rings. The third kappa shape index (κ3) is 4.52. The summed E-state index contributed by atoms with van der Waals surface area (Å²) in [4.78, 5) is 6.85. The Morgan fingerprint density at radius 2 is 1.75 bits per heavy atom. The molecule has 1 aromatic heterocycles. The van der Waals surface area contributed by atoms with E-state index in [0.717, 1.165) is 23.4 Å². The summed E-state index contributed by atoms with van der Waals surface area (Å²) in [6.07, 6.45) is 6.82. The van der Waals surface area contributed by atoms with Gasteiger partial charge in [0.15, 0.2) is 0 Å². The van der Waals surface area contributed by atoms with Gasteiger partial charge in [-0.05, 0) is 40.9 Å². The van der Waals surface area contributed by atoms with Gasteiger partial charge in [0.05, 0.1) is 0 Å². The van der Waals surface area contributed by atoms with Gasteiger partial charge in [0.1, 0.15) is 5.82 Å². The van der Waals surface area contributed by atoms with Crippen LogP contribution in [0.15, 0.2) is 22.8 Å². The molecule has 0 aliphatic carbocycles. The van der Waals surface area contributed by atoms with Crippen molar-refractivity contribution in [1.29, 1.82) is 0 Å². The summed E-state index contributed by atoms with van der Waals surface area (Å²) >= 11 is 3.42. The first-order chi connectivity index (χ1) is 7.77. The van der Waals surface area contributed by atoms with Crippen LogP contribution in [0, 0.1) is 0 Å². The molecule has 0 saturated heterocycles. The zero-order chi connectivity index (χ0) is 11.8. The molecule has 1 aromatic rings. The number of unbranched alkanes of at least 4 members (excludes halogenated alkanes) is 2. The lowest BCUT2D eigenvalue weighted by atomic mass is 10.2. The zero-order valence-corrected chi connectivity index (χ0v) is 11.8. The van der Waals surface area contributed by atoms with E-state index in [1.807, 2.05) is 6.20 Å². The Hall–Kier alpha value is -0.570.